The van der Waals surface area contributed by atoms with Crippen LogP contribution >= 0.6 is 7.82 Å². The van der Waals surface area contributed by atoms with E-state index < -0.39 is 13.9 Å². The largest absolute Gasteiger partial charge is 0.472 e. The Morgan fingerprint density at radius 2 is 1.08 bits per heavy atom. The normalized spacial score (nSPS) is 14.2. The Morgan fingerprint density at radius 3 is 1.65 bits per heavy atom. The van der Waals surface area contributed by atoms with E-state index in [1.54, 1.807) is 0 Å². The molecule has 0 aromatic carbocycles. The fourth-order valence-corrected chi connectivity index (χ4v) is 6.14. The number of nitrogens with zero attached hydrogens (tertiary/aromatic N) is 1. The Balaban J connectivity index is 4.30. The number of likely N-dealkylation sites (N-methyl/N-ethyl adjacent to an activating group) is 1. The lowest BCUT2D eigenvalue weighted by Gasteiger charge is -2.24. The average Bonchev–Trinajstić information content (AvgIpc) is 3.08. The molecule has 51 heavy (non-hydrogen) atoms. The summed E-state index contributed by atoms with van der Waals surface area (Å²) in [6.45, 7) is 5.54. The van der Waals surface area contributed by atoms with Crippen molar-refractivity contribution in [2.45, 2.75) is 174 Å². The fourth-order valence-electron chi connectivity index (χ4n) is 5.40. The van der Waals surface area contributed by atoms with Crippen molar-refractivity contribution in [1.29, 1.82) is 0 Å². The van der Waals surface area contributed by atoms with Crippen LogP contribution in [0, 0.1) is 0 Å². The van der Waals surface area contributed by atoms with E-state index in [0.29, 0.717) is 24.1 Å². The SMILES string of the molecule is CCCCC/C=C\C/C=C\CCCCCCCCOCC(COP(=O)(O)OCC[N+](C)(C)C)OC(=O)CCCCCCC/C=C\CCCCCC. The Hall–Kier alpha value is -1.28. The predicted molar refractivity (Wildman–Crippen MR) is 215 cm³/mol. The number of phosphoric ester groups is 1. The van der Waals surface area contributed by atoms with E-state index in [1.807, 2.05) is 21.1 Å². The highest BCUT2D eigenvalue weighted by atomic mass is 31.2. The first kappa shape index (κ1) is 49.7. The van der Waals surface area contributed by atoms with Gasteiger partial charge in [-0.05, 0) is 70.6 Å². The molecule has 9 heteroatoms. The van der Waals surface area contributed by atoms with Crippen LogP contribution in [0.15, 0.2) is 36.5 Å². The van der Waals surface area contributed by atoms with Crippen molar-refractivity contribution in [1.82, 2.24) is 0 Å². The molecule has 300 valence electrons. The van der Waals surface area contributed by atoms with Gasteiger partial charge >= 0.3 is 13.8 Å². The lowest BCUT2D eigenvalue weighted by molar-refractivity contribution is -0.870. The molecule has 0 rings (SSSR count). The first-order valence-electron chi connectivity index (χ1n) is 20.7. The quantitative estimate of drug-likeness (QED) is 0.0221. The number of unbranched alkanes of at least 4 members (excludes halogenated alkanes) is 18. The summed E-state index contributed by atoms with van der Waals surface area (Å²) in [4.78, 5) is 22.8. The van der Waals surface area contributed by atoms with Gasteiger partial charge in [0.05, 0.1) is 34.4 Å². The number of carbonyl (C=O) groups is 1. The van der Waals surface area contributed by atoms with E-state index >= 15 is 0 Å². The van der Waals surface area contributed by atoms with Gasteiger partial charge in [-0.3, -0.25) is 13.8 Å². The van der Waals surface area contributed by atoms with Gasteiger partial charge in [-0.1, -0.05) is 127 Å². The van der Waals surface area contributed by atoms with Crippen LogP contribution in [0.2, 0.25) is 0 Å². The Bertz CT molecular complexity index is 915. The first-order chi connectivity index (χ1) is 24.6. The minimum absolute atomic E-state index is 0.0844. The van der Waals surface area contributed by atoms with Crippen molar-refractivity contribution >= 4 is 13.8 Å². The van der Waals surface area contributed by atoms with Gasteiger partial charge in [0.15, 0.2) is 0 Å². The summed E-state index contributed by atoms with van der Waals surface area (Å²) in [5.41, 5.74) is 0. The van der Waals surface area contributed by atoms with Crippen molar-refractivity contribution in [2.24, 2.45) is 0 Å². The van der Waals surface area contributed by atoms with Crippen LogP contribution < -0.4 is 0 Å². The minimum Gasteiger partial charge on any atom is -0.457 e. The molecule has 0 aromatic heterocycles. The van der Waals surface area contributed by atoms with E-state index in [0.717, 1.165) is 57.8 Å². The van der Waals surface area contributed by atoms with Crippen LogP contribution in [-0.2, 0) is 27.9 Å². The molecule has 1 N–H and O–H groups in total. The van der Waals surface area contributed by atoms with Gasteiger partial charge in [0.25, 0.3) is 0 Å². The molecule has 2 unspecified atom stereocenters. The highest BCUT2D eigenvalue weighted by molar-refractivity contribution is 7.47. The lowest BCUT2D eigenvalue weighted by Crippen LogP contribution is -2.37. The molecule has 0 saturated carbocycles. The number of phosphoric acid groups is 1. The molecule has 0 amide bonds. The molecule has 0 bridgehead atoms. The van der Waals surface area contributed by atoms with Gasteiger partial charge in [0, 0.05) is 13.0 Å². The van der Waals surface area contributed by atoms with Crippen LogP contribution in [0.5, 0.6) is 0 Å². The zero-order valence-electron chi connectivity index (χ0n) is 33.8. The number of rotatable bonds is 38. The fraction of sp³-hybridized carbons (Fsp3) is 0.833. The Morgan fingerprint density at radius 1 is 0.608 bits per heavy atom. The van der Waals surface area contributed by atoms with Crippen molar-refractivity contribution in [3.05, 3.63) is 36.5 Å². The van der Waals surface area contributed by atoms with Crippen LogP contribution in [0.4, 0.5) is 0 Å². The van der Waals surface area contributed by atoms with Gasteiger partial charge in [-0.2, -0.15) is 0 Å². The third-order valence-corrected chi connectivity index (χ3v) is 9.66. The molecule has 0 aliphatic heterocycles. The van der Waals surface area contributed by atoms with E-state index in [-0.39, 0.29) is 25.8 Å². The molecule has 2 atom stereocenters. The molecule has 8 nitrogen and oxygen atoms in total. The molecule has 0 spiro atoms. The van der Waals surface area contributed by atoms with E-state index in [9.17, 15) is 14.3 Å². The van der Waals surface area contributed by atoms with Crippen LogP contribution in [-0.4, -0.2) is 75.6 Å². The number of esters is 1. The Labute approximate surface area is 315 Å². The summed E-state index contributed by atoms with van der Waals surface area (Å²) in [5.74, 6) is -0.328. The maximum Gasteiger partial charge on any atom is 0.472 e. The third-order valence-electron chi connectivity index (χ3n) is 8.67. The van der Waals surface area contributed by atoms with E-state index in [2.05, 4.69) is 50.3 Å². The van der Waals surface area contributed by atoms with E-state index in [4.69, 9.17) is 18.5 Å². The summed E-state index contributed by atoms with van der Waals surface area (Å²) >= 11 is 0. The lowest BCUT2D eigenvalue weighted by atomic mass is 10.1. The topological polar surface area (TPSA) is 91.3 Å². The molecule has 0 radical (unpaired) electrons. The molecule has 0 aliphatic carbocycles. The molecule has 0 aliphatic rings. The van der Waals surface area contributed by atoms with Gasteiger partial charge in [0.2, 0.25) is 0 Å². The van der Waals surface area contributed by atoms with Crippen LogP contribution in [0.1, 0.15) is 168 Å². The minimum atomic E-state index is -4.27. The molecule has 0 saturated heterocycles. The maximum atomic E-state index is 12.6. The highest BCUT2D eigenvalue weighted by Gasteiger charge is 2.26. The molecular formula is C42H81NO7P+. The zero-order valence-corrected chi connectivity index (χ0v) is 34.7. The third kappa shape index (κ3) is 39.8. The van der Waals surface area contributed by atoms with Crippen molar-refractivity contribution in [2.75, 3.05) is 54.1 Å². The molecule has 0 aromatic rings. The van der Waals surface area contributed by atoms with Gasteiger partial charge in [-0.15, -0.1) is 0 Å². The summed E-state index contributed by atoms with van der Waals surface area (Å²) in [6.07, 6.45) is 40.2. The standard InChI is InChI=1S/C42H80NO7P/c1-6-8-10-12-14-16-18-20-21-22-24-26-28-30-32-34-37-47-39-41(40-49-51(45,46)48-38-36-43(3,4)5)50-42(44)35-33-31-29-27-25-23-19-17-15-13-11-9-7-2/h14,16-17,19-21,41H,6-13,15,18,22-40H2,1-5H3/p+1/b16-14-,19-17-,21-20-. The molecule has 0 heterocycles. The number of quaternary nitrogens is 1. The monoisotopic (exact) mass is 743 g/mol. The number of ether oxygens (including phenoxy) is 2. The zero-order chi connectivity index (χ0) is 37.7. The van der Waals surface area contributed by atoms with Crippen molar-refractivity contribution < 1.29 is 37.3 Å². The number of carbonyl (C=O) groups excluding carboxylic acids is 1. The average molecular weight is 743 g/mol. The first-order valence-corrected chi connectivity index (χ1v) is 22.2. The number of hydrogen-bond donors (Lipinski definition) is 1. The van der Waals surface area contributed by atoms with Crippen molar-refractivity contribution in [3.63, 3.8) is 0 Å². The summed E-state index contributed by atoms with van der Waals surface area (Å²) in [7, 11) is 1.65. The summed E-state index contributed by atoms with van der Waals surface area (Å²) in [5, 5.41) is 0. The van der Waals surface area contributed by atoms with Crippen molar-refractivity contribution in [3.8, 4) is 0 Å². The van der Waals surface area contributed by atoms with Gasteiger partial charge in [0.1, 0.15) is 19.3 Å². The van der Waals surface area contributed by atoms with Crippen LogP contribution in [0.3, 0.4) is 0 Å². The summed E-state index contributed by atoms with van der Waals surface area (Å²) in [6, 6.07) is 0. The smallest absolute Gasteiger partial charge is 0.457 e. The summed E-state index contributed by atoms with van der Waals surface area (Å²) < 4.78 is 34.9. The van der Waals surface area contributed by atoms with E-state index in [1.165, 1.54) is 89.9 Å². The predicted octanol–water partition coefficient (Wildman–Crippen LogP) is 11.8. The molecule has 0 fully saturated rings. The van der Waals surface area contributed by atoms with Gasteiger partial charge < -0.3 is 18.9 Å². The second-order valence-electron chi connectivity index (χ2n) is 15.0. The second kappa shape index (κ2) is 35.7. The second-order valence-corrected chi connectivity index (χ2v) is 16.5. The maximum absolute atomic E-state index is 12.6. The van der Waals surface area contributed by atoms with Crippen LogP contribution in [0.25, 0.3) is 0 Å². The molecular weight excluding hydrogens is 661 g/mol. The highest BCUT2D eigenvalue weighted by Crippen LogP contribution is 2.43. The number of hydrogen-bond acceptors (Lipinski definition) is 6. The number of allylic oxidation sites excluding steroid dienone is 6. The van der Waals surface area contributed by atoms with Gasteiger partial charge in [-0.25, -0.2) is 4.57 Å². The Kier molecular flexibility index (Phi) is 34.8.